The van der Waals surface area contributed by atoms with E-state index in [0.29, 0.717) is 18.6 Å². The second kappa shape index (κ2) is 5.36. The zero-order valence-corrected chi connectivity index (χ0v) is 10.7. The molecule has 1 heterocycles. The molecule has 98 valence electrons. The van der Waals surface area contributed by atoms with Crippen molar-refractivity contribution in [3.05, 3.63) is 0 Å². The highest BCUT2D eigenvalue weighted by Crippen LogP contribution is 2.40. The van der Waals surface area contributed by atoms with Crippen molar-refractivity contribution in [3.63, 3.8) is 0 Å². The van der Waals surface area contributed by atoms with Gasteiger partial charge in [0.05, 0.1) is 11.5 Å². The van der Waals surface area contributed by atoms with Crippen molar-refractivity contribution in [1.82, 2.24) is 5.32 Å². The van der Waals surface area contributed by atoms with Gasteiger partial charge in [0.2, 0.25) is 5.91 Å². The summed E-state index contributed by atoms with van der Waals surface area (Å²) in [6.07, 6.45) is 5.46. The molecule has 2 unspecified atom stereocenters. The number of amides is 1. The first-order valence-corrected chi connectivity index (χ1v) is 6.82. The van der Waals surface area contributed by atoms with E-state index in [2.05, 4.69) is 12.2 Å². The fourth-order valence-corrected chi connectivity index (χ4v) is 2.92. The van der Waals surface area contributed by atoms with E-state index in [0.717, 1.165) is 45.3 Å². The molecule has 1 aliphatic carbocycles. The Hall–Kier alpha value is -0.610. The summed E-state index contributed by atoms with van der Waals surface area (Å²) in [4.78, 5) is 12.1. The van der Waals surface area contributed by atoms with Crippen molar-refractivity contribution in [2.45, 2.75) is 45.1 Å². The van der Waals surface area contributed by atoms with Gasteiger partial charge in [-0.3, -0.25) is 4.79 Å². The summed E-state index contributed by atoms with van der Waals surface area (Å²) < 4.78 is 5.62. The molecule has 2 atom stereocenters. The maximum Gasteiger partial charge on any atom is 0.227 e. The summed E-state index contributed by atoms with van der Waals surface area (Å²) in [7, 11) is 0. The molecule has 1 aliphatic heterocycles. The van der Waals surface area contributed by atoms with Gasteiger partial charge in [0.15, 0.2) is 0 Å². The van der Waals surface area contributed by atoms with Crippen LogP contribution in [0.25, 0.3) is 0 Å². The van der Waals surface area contributed by atoms with Gasteiger partial charge in [0, 0.05) is 25.6 Å². The van der Waals surface area contributed by atoms with E-state index in [1.165, 1.54) is 0 Å². The molecule has 2 fully saturated rings. The molecule has 0 spiro atoms. The van der Waals surface area contributed by atoms with Gasteiger partial charge in [-0.15, -0.1) is 0 Å². The van der Waals surface area contributed by atoms with Crippen LogP contribution >= 0.6 is 0 Å². The fourth-order valence-electron chi connectivity index (χ4n) is 2.92. The normalized spacial score (nSPS) is 30.9. The number of ether oxygens (including phenoxy) is 1. The van der Waals surface area contributed by atoms with Crippen LogP contribution < -0.4 is 11.1 Å². The van der Waals surface area contributed by atoms with Crippen molar-refractivity contribution in [2.24, 2.45) is 17.1 Å². The van der Waals surface area contributed by atoms with Crippen molar-refractivity contribution < 1.29 is 9.53 Å². The highest BCUT2D eigenvalue weighted by atomic mass is 16.5. The lowest BCUT2D eigenvalue weighted by molar-refractivity contribution is -0.135. The average molecular weight is 240 g/mol. The third-order valence-electron chi connectivity index (χ3n) is 4.46. The van der Waals surface area contributed by atoms with Gasteiger partial charge in [-0.05, 0) is 25.7 Å². The zero-order valence-electron chi connectivity index (χ0n) is 10.7. The van der Waals surface area contributed by atoms with Crippen molar-refractivity contribution in [2.75, 3.05) is 19.7 Å². The Kier molecular flexibility index (Phi) is 4.05. The molecule has 0 aromatic carbocycles. The minimum absolute atomic E-state index is 0.160. The highest BCUT2D eigenvalue weighted by molar-refractivity contribution is 5.83. The Balaban J connectivity index is 1.79. The quantitative estimate of drug-likeness (QED) is 0.755. The van der Waals surface area contributed by atoms with Crippen LogP contribution in [-0.4, -0.2) is 31.7 Å². The molecule has 0 aromatic heterocycles. The van der Waals surface area contributed by atoms with E-state index in [4.69, 9.17) is 10.5 Å². The van der Waals surface area contributed by atoms with Gasteiger partial charge in [-0.2, -0.15) is 0 Å². The molecule has 1 saturated carbocycles. The second-order valence-corrected chi connectivity index (χ2v) is 5.41. The van der Waals surface area contributed by atoms with E-state index >= 15 is 0 Å². The van der Waals surface area contributed by atoms with E-state index < -0.39 is 0 Å². The summed E-state index contributed by atoms with van der Waals surface area (Å²) in [6, 6.07) is 0. The Morgan fingerprint density at radius 3 is 2.82 bits per heavy atom. The molecule has 4 heteroatoms. The van der Waals surface area contributed by atoms with Crippen LogP contribution in [0.3, 0.4) is 0 Å². The average Bonchev–Trinajstić information content (AvgIpc) is 2.72. The first-order valence-electron chi connectivity index (χ1n) is 6.82. The molecular formula is C13H24N2O2. The molecule has 1 saturated heterocycles. The first kappa shape index (κ1) is 12.8. The van der Waals surface area contributed by atoms with Gasteiger partial charge >= 0.3 is 0 Å². The molecule has 3 N–H and O–H groups in total. The lowest BCUT2D eigenvalue weighted by Crippen LogP contribution is -2.51. The smallest absolute Gasteiger partial charge is 0.227 e. The summed E-state index contributed by atoms with van der Waals surface area (Å²) in [5.74, 6) is 0.645. The van der Waals surface area contributed by atoms with Crippen LogP contribution in [0.2, 0.25) is 0 Å². The maximum atomic E-state index is 12.1. The summed E-state index contributed by atoms with van der Waals surface area (Å²) >= 11 is 0. The topological polar surface area (TPSA) is 64.3 Å². The van der Waals surface area contributed by atoms with Crippen LogP contribution in [-0.2, 0) is 9.53 Å². The number of carbonyl (C=O) groups excluding carboxylic acids is 1. The molecular weight excluding hydrogens is 216 g/mol. The molecule has 2 rings (SSSR count). The lowest BCUT2D eigenvalue weighted by Gasteiger charge is -2.39. The number of rotatable bonds is 5. The predicted octanol–water partition coefficient (Wildman–Crippen LogP) is 1.05. The number of carbonyl (C=O) groups is 1. The largest absolute Gasteiger partial charge is 0.378 e. The van der Waals surface area contributed by atoms with E-state index in [9.17, 15) is 4.79 Å². The van der Waals surface area contributed by atoms with Crippen molar-refractivity contribution in [3.8, 4) is 0 Å². The SMILES string of the molecule is CCC1OCCC1CNC(=O)C1(CN)CCC1. The van der Waals surface area contributed by atoms with Crippen LogP contribution in [0.15, 0.2) is 0 Å². The number of nitrogens with one attached hydrogen (secondary N) is 1. The predicted molar refractivity (Wildman–Crippen MR) is 66.5 cm³/mol. The standard InChI is InChI=1S/C13H24N2O2/c1-2-11-10(4-7-17-11)8-15-12(16)13(9-14)5-3-6-13/h10-11H,2-9,14H2,1H3,(H,15,16). The molecule has 2 aliphatic rings. The fraction of sp³-hybridized carbons (Fsp3) is 0.923. The molecule has 0 radical (unpaired) electrons. The minimum Gasteiger partial charge on any atom is -0.378 e. The molecule has 0 aromatic rings. The maximum absolute atomic E-state index is 12.1. The molecule has 4 nitrogen and oxygen atoms in total. The van der Waals surface area contributed by atoms with Crippen LogP contribution in [0.1, 0.15) is 39.0 Å². The molecule has 1 amide bonds. The monoisotopic (exact) mass is 240 g/mol. The zero-order chi connectivity index (χ0) is 12.3. The minimum atomic E-state index is -0.249. The first-order chi connectivity index (χ1) is 8.22. The van der Waals surface area contributed by atoms with Gasteiger partial charge < -0.3 is 15.8 Å². The Bertz CT molecular complexity index is 271. The van der Waals surface area contributed by atoms with Crippen LogP contribution in [0, 0.1) is 11.3 Å². The third kappa shape index (κ3) is 2.47. The van der Waals surface area contributed by atoms with E-state index in [-0.39, 0.29) is 11.3 Å². The highest BCUT2D eigenvalue weighted by Gasteiger charge is 2.43. The van der Waals surface area contributed by atoms with E-state index in [1.54, 1.807) is 0 Å². The second-order valence-electron chi connectivity index (χ2n) is 5.41. The molecule has 0 bridgehead atoms. The third-order valence-corrected chi connectivity index (χ3v) is 4.46. The van der Waals surface area contributed by atoms with Gasteiger partial charge in [0.25, 0.3) is 0 Å². The summed E-state index contributed by atoms with van der Waals surface area (Å²) in [5, 5.41) is 3.08. The van der Waals surface area contributed by atoms with Crippen LogP contribution in [0.5, 0.6) is 0 Å². The summed E-state index contributed by atoms with van der Waals surface area (Å²) in [6.45, 7) is 4.20. The molecule has 17 heavy (non-hydrogen) atoms. The number of nitrogens with two attached hydrogens (primary N) is 1. The number of hydrogen-bond donors (Lipinski definition) is 2. The Labute approximate surface area is 103 Å². The van der Waals surface area contributed by atoms with Crippen LogP contribution in [0.4, 0.5) is 0 Å². The van der Waals surface area contributed by atoms with Crippen molar-refractivity contribution in [1.29, 1.82) is 0 Å². The van der Waals surface area contributed by atoms with Crippen molar-refractivity contribution >= 4 is 5.91 Å². The Morgan fingerprint density at radius 2 is 2.29 bits per heavy atom. The van der Waals surface area contributed by atoms with Gasteiger partial charge in [-0.25, -0.2) is 0 Å². The Morgan fingerprint density at radius 1 is 1.53 bits per heavy atom. The van der Waals surface area contributed by atoms with E-state index in [1.807, 2.05) is 0 Å². The summed E-state index contributed by atoms with van der Waals surface area (Å²) in [5.41, 5.74) is 5.47. The lowest BCUT2D eigenvalue weighted by atomic mass is 9.68. The van der Waals surface area contributed by atoms with Gasteiger partial charge in [0.1, 0.15) is 0 Å². The number of hydrogen-bond acceptors (Lipinski definition) is 3. The van der Waals surface area contributed by atoms with Gasteiger partial charge in [-0.1, -0.05) is 13.3 Å².